The van der Waals surface area contributed by atoms with E-state index in [1.54, 1.807) is 19.2 Å². The number of phenols is 1. The number of cyclic esters (lactones) is 1. The third-order valence-electron chi connectivity index (χ3n) is 4.91. The Hall–Kier alpha value is -1.63. The van der Waals surface area contributed by atoms with Gasteiger partial charge in [0.2, 0.25) is 0 Å². The van der Waals surface area contributed by atoms with Crippen LogP contribution in [0.5, 0.6) is 5.75 Å². The fourth-order valence-electron chi connectivity index (χ4n) is 3.79. The maximum absolute atomic E-state index is 12.7. The van der Waals surface area contributed by atoms with Gasteiger partial charge in [0.15, 0.2) is 0 Å². The standard InChI is InChI=1S/C19H26O6/c1-23-7-3-5-14-11-16-10-13(20)9-15(24-16)8-12-4-2-6-17(21)18(12)19(22)25-14/h2,4,6,13-16,20-21H,3,5,7-11H2,1H3. The second-order valence-corrected chi connectivity index (χ2v) is 6.92. The molecule has 0 spiro atoms. The van der Waals surface area contributed by atoms with Crippen LogP contribution in [0.4, 0.5) is 0 Å². The Morgan fingerprint density at radius 2 is 2.04 bits per heavy atom. The SMILES string of the molecule is COCCCC1CC2CC(O)CC(Cc3cccc(O)c3C(=O)O1)O2. The fourth-order valence-corrected chi connectivity index (χ4v) is 3.79. The van der Waals surface area contributed by atoms with E-state index in [9.17, 15) is 15.0 Å². The summed E-state index contributed by atoms with van der Waals surface area (Å²) in [4.78, 5) is 12.7. The Balaban J connectivity index is 1.88. The molecule has 4 atom stereocenters. The molecule has 1 fully saturated rings. The first-order chi connectivity index (χ1) is 12.1. The summed E-state index contributed by atoms with van der Waals surface area (Å²) in [5.74, 6) is -0.567. The molecule has 3 rings (SSSR count). The highest BCUT2D eigenvalue weighted by Crippen LogP contribution is 2.32. The molecule has 0 aromatic heterocycles. The summed E-state index contributed by atoms with van der Waals surface area (Å²) in [5.41, 5.74) is 0.904. The van der Waals surface area contributed by atoms with Crippen molar-refractivity contribution in [2.24, 2.45) is 0 Å². The molecule has 6 nitrogen and oxygen atoms in total. The summed E-state index contributed by atoms with van der Waals surface area (Å²) < 4.78 is 16.9. The quantitative estimate of drug-likeness (QED) is 0.640. The molecule has 1 aromatic carbocycles. The molecule has 0 amide bonds. The van der Waals surface area contributed by atoms with Gasteiger partial charge in [-0.25, -0.2) is 4.79 Å². The molecule has 0 saturated carbocycles. The largest absolute Gasteiger partial charge is 0.507 e. The summed E-state index contributed by atoms with van der Waals surface area (Å²) in [7, 11) is 1.64. The second kappa shape index (κ2) is 8.17. The Labute approximate surface area is 147 Å². The minimum atomic E-state index is -0.490. The van der Waals surface area contributed by atoms with Gasteiger partial charge in [0.1, 0.15) is 17.4 Å². The number of fused-ring (bicyclic) bond motifs is 3. The highest BCUT2D eigenvalue weighted by atomic mass is 16.5. The normalized spacial score (nSPS) is 29.6. The summed E-state index contributed by atoms with van der Waals surface area (Å²) in [6.07, 6.45) is 2.49. The molecule has 138 valence electrons. The minimum absolute atomic E-state index is 0.0772. The molecule has 1 aromatic rings. The van der Waals surface area contributed by atoms with Gasteiger partial charge in [0, 0.05) is 20.1 Å². The smallest absolute Gasteiger partial charge is 0.342 e. The van der Waals surface area contributed by atoms with Crippen LogP contribution in [-0.2, 0) is 20.6 Å². The van der Waals surface area contributed by atoms with E-state index in [2.05, 4.69) is 0 Å². The minimum Gasteiger partial charge on any atom is -0.507 e. The van der Waals surface area contributed by atoms with Gasteiger partial charge >= 0.3 is 5.97 Å². The lowest BCUT2D eigenvalue weighted by atomic mass is 9.91. The molecule has 6 heteroatoms. The van der Waals surface area contributed by atoms with Crippen molar-refractivity contribution in [1.29, 1.82) is 0 Å². The zero-order valence-electron chi connectivity index (χ0n) is 14.5. The predicted octanol–water partition coefficient (Wildman–Crippen LogP) is 2.20. The second-order valence-electron chi connectivity index (χ2n) is 6.92. The van der Waals surface area contributed by atoms with Gasteiger partial charge in [0.05, 0.1) is 18.3 Å². The molecule has 2 aliphatic heterocycles. The van der Waals surface area contributed by atoms with E-state index in [-0.39, 0.29) is 29.6 Å². The van der Waals surface area contributed by atoms with Crippen molar-refractivity contribution in [3.63, 3.8) is 0 Å². The van der Waals surface area contributed by atoms with Crippen LogP contribution in [0, 0.1) is 0 Å². The van der Waals surface area contributed by atoms with Crippen LogP contribution in [0.25, 0.3) is 0 Å². The third kappa shape index (κ3) is 4.51. The van der Waals surface area contributed by atoms with Gasteiger partial charge in [-0.15, -0.1) is 0 Å². The summed E-state index contributed by atoms with van der Waals surface area (Å²) in [6, 6.07) is 5.00. The molecule has 0 aliphatic carbocycles. The van der Waals surface area contributed by atoms with Crippen molar-refractivity contribution in [2.45, 2.75) is 62.9 Å². The summed E-state index contributed by atoms with van der Waals surface area (Å²) in [6.45, 7) is 0.590. The van der Waals surface area contributed by atoms with Crippen molar-refractivity contribution < 1.29 is 29.2 Å². The van der Waals surface area contributed by atoms with Gasteiger partial charge in [-0.05, 0) is 43.7 Å². The Morgan fingerprint density at radius 3 is 2.84 bits per heavy atom. The van der Waals surface area contributed by atoms with Crippen molar-refractivity contribution in [3.8, 4) is 5.75 Å². The van der Waals surface area contributed by atoms with Crippen molar-refractivity contribution in [3.05, 3.63) is 29.3 Å². The molecule has 4 unspecified atom stereocenters. The predicted molar refractivity (Wildman–Crippen MR) is 90.6 cm³/mol. The molecular weight excluding hydrogens is 324 g/mol. The highest BCUT2D eigenvalue weighted by Gasteiger charge is 2.34. The fraction of sp³-hybridized carbons (Fsp3) is 0.632. The Bertz CT molecular complexity index is 602. The van der Waals surface area contributed by atoms with E-state index >= 15 is 0 Å². The average molecular weight is 350 g/mol. The molecule has 2 bridgehead atoms. The maximum atomic E-state index is 12.7. The van der Waals surface area contributed by atoms with Crippen LogP contribution in [0.15, 0.2) is 18.2 Å². The number of hydrogen-bond donors (Lipinski definition) is 2. The zero-order valence-corrected chi connectivity index (χ0v) is 14.5. The number of rotatable bonds is 4. The molecule has 2 aliphatic rings. The lowest BCUT2D eigenvalue weighted by Gasteiger charge is -2.36. The number of aliphatic hydroxyl groups is 1. The highest BCUT2D eigenvalue weighted by molar-refractivity contribution is 5.94. The number of hydrogen-bond acceptors (Lipinski definition) is 6. The first kappa shape index (κ1) is 18.2. The van der Waals surface area contributed by atoms with Crippen LogP contribution in [0.1, 0.15) is 48.0 Å². The van der Waals surface area contributed by atoms with E-state index in [0.717, 1.165) is 6.42 Å². The number of esters is 1. The van der Waals surface area contributed by atoms with Crippen LogP contribution in [0.3, 0.4) is 0 Å². The van der Waals surface area contributed by atoms with Gasteiger partial charge < -0.3 is 24.4 Å². The average Bonchev–Trinajstić information content (AvgIpc) is 2.53. The molecular formula is C19H26O6. The van der Waals surface area contributed by atoms with E-state index in [4.69, 9.17) is 14.2 Å². The van der Waals surface area contributed by atoms with Crippen molar-refractivity contribution in [1.82, 2.24) is 0 Å². The monoisotopic (exact) mass is 350 g/mol. The first-order valence-corrected chi connectivity index (χ1v) is 8.91. The number of aromatic hydroxyl groups is 1. The van der Waals surface area contributed by atoms with Gasteiger partial charge in [0.25, 0.3) is 0 Å². The summed E-state index contributed by atoms with van der Waals surface area (Å²) >= 11 is 0. The number of carbonyl (C=O) groups is 1. The Morgan fingerprint density at radius 1 is 1.24 bits per heavy atom. The van der Waals surface area contributed by atoms with Gasteiger partial charge in [-0.1, -0.05) is 12.1 Å². The van der Waals surface area contributed by atoms with E-state index in [1.165, 1.54) is 6.07 Å². The van der Waals surface area contributed by atoms with Crippen molar-refractivity contribution >= 4 is 5.97 Å². The van der Waals surface area contributed by atoms with E-state index in [1.807, 2.05) is 0 Å². The van der Waals surface area contributed by atoms with Gasteiger partial charge in [-0.2, -0.15) is 0 Å². The van der Waals surface area contributed by atoms with Gasteiger partial charge in [-0.3, -0.25) is 0 Å². The molecule has 0 radical (unpaired) electrons. The Kier molecular flexibility index (Phi) is 5.93. The molecule has 25 heavy (non-hydrogen) atoms. The van der Waals surface area contributed by atoms with Crippen LogP contribution in [-0.4, -0.2) is 54.3 Å². The summed E-state index contributed by atoms with van der Waals surface area (Å²) in [5, 5.41) is 20.4. The van der Waals surface area contributed by atoms with Crippen molar-refractivity contribution in [2.75, 3.05) is 13.7 Å². The lowest BCUT2D eigenvalue weighted by molar-refractivity contribution is -0.110. The van der Waals surface area contributed by atoms with Crippen LogP contribution in [0.2, 0.25) is 0 Å². The first-order valence-electron chi connectivity index (χ1n) is 8.91. The molecule has 2 N–H and O–H groups in total. The number of methoxy groups -OCH3 is 1. The number of benzene rings is 1. The zero-order chi connectivity index (χ0) is 17.8. The van der Waals surface area contributed by atoms with E-state index in [0.29, 0.717) is 44.3 Å². The molecule has 1 saturated heterocycles. The van der Waals surface area contributed by atoms with Crippen LogP contribution < -0.4 is 0 Å². The van der Waals surface area contributed by atoms with E-state index < -0.39 is 12.1 Å². The van der Waals surface area contributed by atoms with Crippen LogP contribution >= 0.6 is 0 Å². The number of phenolic OH excluding ortho intramolecular Hbond substituents is 1. The third-order valence-corrected chi connectivity index (χ3v) is 4.91. The number of aliphatic hydroxyl groups excluding tert-OH is 1. The maximum Gasteiger partial charge on any atom is 0.342 e. The number of ether oxygens (including phenoxy) is 3. The topological polar surface area (TPSA) is 85.2 Å². The molecule has 2 heterocycles. The lowest BCUT2D eigenvalue weighted by Crippen LogP contribution is -2.40. The number of carbonyl (C=O) groups excluding carboxylic acids is 1.